The number of nitrogens with two attached hydrogens (primary N) is 1. The number of hydrogen-bond donors (Lipinski definition) is 2. The summed E-state index contributed by atoms with van der Waals surface area (Å²) < 4.78 is 0. The van der Waals surface area contributed by atoms with E-state index in [2.05, 4.69) is 43.5 Å². The first kappa shape index (κ1) is 14.9. The average molecular weight is 278 g/mol. The Balaban J connectivity index is 2.08. The van der Waals surface area contributed by atoms with Crippen LogP contribution in [0.5, 0.6) is 0 Å². The molecule has 106 valence electrons. The maximum atomic E-state index is 5.80. The van der Waals surface area contributed by atoms with Crippen LogP contribution in [0.2, 0.25) is 0 Å². The van der Waals surface area contributed by atoms with Crippen LogP contribution < -0.4 is 11.3 Å². The highest BCUT2D eigenvalue weighted by molar-refractivity contribution is 7.99. The summed E-state index contributed by atoms with van der Waals surface area (Å²) in [6, 6.07) is 9.10. The highest BCUT2D eigenvalue weighted by atomic mass is 32.2. The molecular weight excluding hydrogens is 252 g/mol. The second kappa shape index (κ2) is 7.32. The maximum Gasteiger partial charge on any atom is 0.0553 e. The van der Waals surface area contributed by atoms with E-state index in [0.29, 0.717) is 5.25 Å². The van der Waals surface area contributed by atoms with E-state index >= 15 is 0 Å². The van der Waals surface area contributed by atoms with Crippen LogP contribution in [0.3, 0.4) is 0 Å². The summed E-state index contributed by atoms with van der Waals surface area (Å²) in [6.45, 7) is 4.53. The number of hydrazine groups is 1. The fourth-order valence-corrected chi connectivity index (χ4v) is 3.56. The van der Waals surface area contributed by atoms with Crippen LogP contribution in [0.25, 0.3) is 0 Å². The standard InChI is InChI=1S/C16H26N2S/c1-3-12(2)19-11-16(18-17)15-10-5-4-9-14(15)13-7-6-8-13/h4-5,9-10,12-13,16,18H,3,6-8,11,17H2,1-2H3. The molecule has 0 radical (unpaired) electrons. The topological polar surface area (TPSA) is 38.0 Å². The molecule has 0 aromatic heterocycles. The van der Waals surface area contributed by atoms with Gasteiger partial charge in [0, 0.05) is 11.0 Å². The van der Waals surface area contributed by atoms with E-state index in [4.69, 9.17) is 5.84 Å². The SMILES string of the molecule is CCC(C)SCC(NN)c1ccccc1C1CCC1. The lowest BCUT2D eigenvalue weighted by Gasteiger charge is -2.30. The third-order valence-corrected chi connectivity index (χ3v) is 5.67. The summed E-state index contributed by atoms with van der Waals surface area (Å²) in [5.74, 6) is 7.61. The maximum absolute atomic E-state index is 5.80. The van der Waals surface area contributed by atoms with E-state index in [-0.39, 0.29) is 6.04 Å². The van der Waals surface area contributed by atoms with Crippen LogP contribution in [-0.2, 0) is 0 Å². The van der Waals surface area contributed by atoms with Gasteiger partial charge in [-0.1, -0.05) is 44.5 Å². The first-order chi connectivity index (χ1) is 9.26. The Labute approximate surface area is 121 Å². The summed E-state index contributed by atoms with van der Waals surface area (Å²) in [6.07, 6.45) is 5.27. The smallest absolute Gasteiger partial charge is 0.0553 e. The van der Waals surface area contributed by atoms with Crippen molar-refractivity contribution >= 4 is 11.8 Å². The van der Waals surface area contributed by atoms with E-state index in [9.17, 15) is 0 Å². The van der Waals surface area contributed by atoms with Gasteiger partial charge in [-0.05, 0) is 36.3 Å². The van der Waals surface area contributed by atoms with Crippen LogP contribution in [0.15, 0.2) is 24.3 Å². The van der Waals surface area contributed by atoms with Crippen LogP contribution in [0.4, 0.5) is 0 Å². The monoisotopic (exact) mass is 278 g/mol. The fourth-order valence-electron chi connectivity index (χ4n) is 2.53. The predicted octanol–water partition coefficient (Wildman–Crippen LogP) is 3.99. The van der Waals surface area contributed by atoms with Crippen molar-refractivity contribution in [3.63, 3.8) is 0 Å². The molecule has 1 fully saturated rings. The Morgan fingerprint density at radius 1 is 1.37 bits per heavy atom. The number of nitrogens with one attached hydrogen (secondary N) is 1. The predicted molar refractivity (Wildman–Crippen MR) is 85.3 cm³/mol. The number of thioether (sulfide) groups is 1. The first-order valence-electron chi connectivity index (χ1n) is 7.42. The second-order valence-corrected chi connectivity index (χ2v) is 7.00. The summed E-state index contributed by atoms with van der Waals surface area (Å²) in [5, 5.41) is 0.701. The molecule has 1 aliphatic carbocycles. The van der Waals surface area contributed by atoms with Crippen LogP contribution >= 0.6 is 11.8 Å². The van der Waals surface area contributed by atoms with Gasteiger partial charge in [-0.25, -0.2) is 0 Å². The molecule has 3 N–H and O–H groups in total. The van der Waals surface area contributed by atoms with Gasteiger partial charge in [-0.2, -0.15) is 11.8 Å². The zero-order valence-corrected chi connectivity index (χ0v) is 12.9. The zero-order chi connectivity index (χ0) is 13.7. The van der Waals surface area contributed by atoms with E-state index in [0.717, 1.165) is 11.7 Å². The molecule has 2 atom stereocenters. The normalized spacial score (nSPS) is 18.9. The third-order valence-electron chi connectivity index (χ3n) is 4.24. The van der Waals surface area contributed by atoms with Crippen LogP contribution in [0.1, 0.15) is 62.6 Å². The molecule has 3 heteroatoms. The Bertz CT molecular complexity index is 390. The van der Waals surface area contributed by atoms with Crippen molar-refractivity contribution in [2.75, 3.05) is 5.75 Å². The minimum Gasteiger partial charge on any atom is -0.271 e. The molecule has 1 aromatic rings. The van der Waals surface area contributed by atoms with Crippen molar-refractivity contribution < 1.29 is 0 Å². The Kier molecular flexibility index (Phi) is 5.74. The van der Waals surface area contributed by atoms with Gasteiger partial charge in [0.05, 0.1) is 6.04 Å². The average Bonchev–Trinajstić information content (AvgIpc) is 2.38. The van der Waals surface area contributed by atoms with Gasteiger partial charge in [-0.3, -0.25) is 11.3 Å². The van der Waals surface area contributed by atoms with E-state index < -0.39 is 0 Å². The summed E-state index contributed by atoms with van der Waals surface area (Å²) in [4.78, 5) is 0. The number of hydrogen-bond acceptors (Lipinski definition) is 3. The largest absolute Gasteiger partial charge is 0.271 e. The van der Waals surface area contributed by atoms with E-state index in [1.165, 1.54) is 36.8 Å². The van der Waals surface area contributed by atoms with Gasteiger partial charge in [0.15, 0.2) is 0 Å². The molecule has 0 aliphatic heterocycles. The van der Waals surface area contributed by atoms with E-state index in [1.807, 2.05) is 11.8 Å². The van der Waals surface area contributed by atoms with Crippen molar-refractivity contribution in [2.45, 2.75) is 56.7 Å². The number of benzene rings is 1. The molecule has 0 saturated heterocycles. The fraction of sp³-hybridized carbons (Fsp3) is 0.625. The lowest BCUT2D eigenvalue weighted by molar-refractivity contribution is 0.413. The van der Waals surface area contributed by atoms with Gasteiger partial charge in [-0.15, -0.1) is 0 Å². The molecule has 1 aromatic carbocycles. The molecule has 0 bridgehead atoms. The van der Waals surface area contributed by atoms with Gasteiger partial charge < -0.3 is 0 Å². The molecule has 19 heavy (non-hydrogen) atoms. The van der Waals surface area contributed by atoms with Crippen LogP contribution in [0, 0.1) is 0 Å². The first-order valence-corrected chi connectivity index (χ1v) is 8.47. The number of rotatable bonds is 7. The summed E-state index contributed by atoms with van der Waals surface area (Å²) >= 11 is 2.01. The lowest BCUT2D eigenvalue weighted by atomic mass is 9.77. The highest BCUT2D eigenvalue weighted by Crippen LogP contribution is 2.39. The van der Waals surface area contributed by atoms with Crippen LogP contribution in [-0.4, -0.2) is 11.0 Å². The Hall–Kier alpha value is -0.510. The van der Waals surface area contributed by atoms with Gasteiger partial charge in [0.1, 0.15) is 0 Å². The summed E-state index contributed by atoms with van der Waals surface area (Å²) in [7, 11) is 0. The summed E-state index contributed by atoms with van der Waals surface area (Å²) in [5.41, 5.74) is 5.94. The lowest BCUT2D eigenvalue weighted by Crippen LogP contribution is -2.31. The van der Waals surface area contributed by atoms with Gasteiger partial charge >= 0.3 is 0 Å². The van der Waals surface area contributed by atoms with Gasteiger partial charge in [0.2, 0.25) is 0 Å². The third kappa shape index (κ3) is 3.74. The van der Waals surface area contributed by atoms with Crippen molar-refractivity contribution in [3.05, 3.63) is 35.4 Å². The molecule has 1 aliphatic rings. The van der Waals surface area contributed by atoms with Gasteiger partial charge in [0.25, 0.3) is 0 Å². The quantitative estimate of drug-likeness (QED) is 0.585. The Morgan fingerprint density at radius 2 is 2.11 bits per heavy atom. The van der Waals surface area contributed by atoms with Crippen molar-refractivity contribution in [3.8, 4) is 0 Å². The second-order valence-electron chi connectivity index (χ2n) is 5.53. The molecular formula is C16H26N2S. The highest BCUT2D eigenvalue weighted by Gasteiger charge is 2.24. The molecule has 2 unspecified atom stereocenters. The molecule has 0 amide bonds. The van der Waals surface area contributed by atoms with E-state index in [1.54, 1.807) is 0 Å². The molecule has 2 rings (SSSR count). The molecule has 1 saturated carbocycles. The molecule has 2 nitrogen and oxygen atoms in total. The van der Waals surface area contributed by atoms with Crippen molar-refractivity contribution in [1.29, 1.82) is 0 Å². The molecule has 0 spiro atoms. The minimum atomic E-state index is 0.274. The van der Waals surface area contributed by atoms with Crippen molar-refractivity contribution in [1.82, 2.24) is 5.43 Å². The van der Waals surface area contributed by atoms with Crippen molar-refractivity contribution in [2.24, 2.45) is 5.84 Å². The molecule has 0 heterocycles. The Morgan fingerprint density at radius 3 is 2.68 bits per heavy atom. The minimum absolute atomic E-state index is 0.274. The zero-order valence-electron chi connectivity index (χ0n) is 12.1.